The number of alkyl carbamates (subject to hydrolysis) is 1. The van der Waals surface area contributed by atoms with E-state index in [2.05, 4.69) is 27.7 Å². The van der Waals surface area contributed by atoms with Crippen molar-refractivity contribution in [3.63, 3.8) is 0 Å². The SMILES string of the molecule is CC(NC(=O)OC(C)(C)C)C(=O)NC1CCN(c2ccccc2)CC1. The monoisotopic (exact) mass is 347 g/mol. The van der Waals surface area contributed by atoms with E-state index in [1.165, 1.54) is 5.69 Å². The highest BCUT2D eigenvalue weighted by Gasteiger charge is 2.25. The van der Waals surface area contributed by atoms with Crippen molar-refractivity contribution in [2.75, 3.05) is 18.0 Å². The van der Waals surface area contributed by atoms with Gasteiger partial charge < -0.3 is 20.3 Å². The standard InChI is InChI=1S/C19H29N3O3/c1-14(20-18(24)25-19(2,3)4)17(23)21-15-10-12-22(13-11-15)16-8-6-5-7-9-16/h5-9,14-15H,10-13H2,1-4H3,(H,20,24)(H,21,23). The number of carbonyl (C=O) groups is 2. The fourth-order valence-corrected chi connectivity index (χ4v) is 2.80. The van der Waals surface area contributed by atoms with Gasteiger partial charge in [-0.1, -0.05) is 18.2 Å². The van der Waals surface area contributed by atoms with Crippen molar-refractivity contribution >= 4 is 17.7 Å². The Labute approximate surface area is 149 Å². The van der Waals surface area contributed by atoms with Crippen LogP contribution in [0.2, 0.25) is 0 Å². The van der Waals surface area contributed by atoms with Crippen molar-refractivity contribution in [2.45, 2.75) is 58.2 Å². The molecule has 1 unspecified atom stereocenters. The van der Waals surface area contributed by atoms with E-state index in [0.717, 1.165) is 25.9 Å². The van der Waals surface area contributed by atoms with E-state index in [0.29, 0.717) is 0 Å². The molecule has 1 heterocycles. The Morgan fingerprint density at radius 2 is 1.76 bits per heavy atom. The minimum Gasteiger partial charge on any atom is -0.444 e. The van der Waals surface area contributed by atoms with Crippen molar-refractivity contribution in [2.24, 2.45) is 0 Å². The number of amides is 2. The third-order valence-corrected chi connectivity index (χ3v) is 4.09. The fourth-order valence-electron chi connectivity index (χ4n) is 2.80. The Bertz CT molecular complexity index is 575. The molecular weight excluding hydrogens is 318 g/mol. The van der Waals surface area contributed by atoms with Crippen LogP contribution in [0.25, 0.3) is 0 Å². The molecule has 0 radical (unpaired) electrons. The molecule has 6 heteroatoms. The second kappa shape index (κ2) is 8.23. The molecule has 2 amide bonds. The van der Waals surface area contributed by atoms with Gasteiger partial charge in [-0.05, 0) is 52.7 Å². The third-order valence-electron chi connectivity index (χ3n) is 4.09. The van der Waals surface area contributed by atoms with Crippen LogP contribution >= 0.6 is 0 Å². The average molecular weight is 347 g/mol. The number of carbonyl (C=O) groups excluding carboxylic acids is 2. The molecule has 0 saturated carbocycles. The summed E-state index contributed by atoms with van der Waals surface area (Å²) in [6.07, 6.45) is 1.20. The molecule has 0 spiro atoms. The van der Waals surface area contributed by atoms with Crippen LogP contribution in [0.5, 0.6) is 0 Å². The molecule has 0 bridgehead atoms. The summed E-state index contributed by atoms with van der Waals surface area (Å²) in [7, 11) is 0. The molecule has 1 fully saturated rings. The summed E-state index contributed by atoms with van der Waals surface area (Å²) in [6.45, 7) is 8.84. The highest BCUT2D eigenvalue weighted by atomic mass is 16.6. The number of hydrogen-bond acceptors (Lipinski definition) is 4. The van der Waals surface area contributed by atoms with Gasteiger partial charge in [-0.25, -0.2) is 4.79 Å². The number of benzene rings is 1. The quantitative estimate of drug-likeness (QED) is 0.878. The maximum absolute atomic E-state index is 12.3. The minimum absolute atomic E-state index is 0.135. The lowest BCUT2D eigenvalue weighted by Crippen LogP contribution is -2.51. The topological polar surface area (TPSA) is 70.7 Å². The van der Waals surface area contributed by atoms with Crippen LogP contribution in [0.4, 0.5) is 10.5 Å². The van der Waals surface area contributed by atoms with Gasteiger partial charge in [0.05, 0.1) is 0 Å². The zero-order valence-electron chi connectivity index (χ0n) is 15.5. The molecule has 1 saturated heterocycles. The predicted octanol–water partition coefficient (Wildman–Crippen LogP) is 2.68. The van der Waals surface area contributed by atoms with Gasteiger partial charge in [-0.3, -0.25) is 4.79 Å². The Morgan fingerprint density at radius 3 is 2.32 bits per heavy atom. The summed E-state index contributed by atoms with van der Waals surface area (Å²) in [6, 6.07) is 9.80. The summed E-state index contributed by atoms with van der Waals surface area (Å²) < 4.78 is 5.17. The zero-order chi connectivity index (χ0) is 18.4. The zero-order valence-corrected chi connectivity index (χ0v) is 15.5. The van der Waals surface area contributed by atoms with Gasteiger partial charge >= 0.3 is 6.09 Å². The molecule has 2 N–H and O–H groups in total. The molecule has 1 aromatic rings. The molecular formula is C19H29N3O3. The molecule has 1 aromatic carbocycles. The van der Waals surface area contributed by atoms with Crippen LogP contribution in [0.1, 0.15) is 40.5 Å². The number of piperidine rings is 1. The molecule has 25 heavy (non-hydrogen) atoms. The molecule has 1 aliphatic heterocycles. The maximum atomic E-state index is 12.3. The molecule has 1 aliphatic rings. The first-order valence-corrected chi connectivity index (χ1v) is 8.84. The van der Waals surface area contributed by atoms with Gasteiger partial charge in [0.15, 0.2) is 0 Å². The molecule has 6 nitrogen and oxygen atoms in total. The number of para-hydroxylation sites is 1. The Morgan fingerprint density at radius 1 is 1.16 bits per heavy atom. The summed E-state index contributed by atoms with van der Waals surface area (Å²) in [4.78, 5) is 26.3. The number of hydrogen-bond donors (Lipinski definition) is 2. The first-order chi connectivity index (χ1) is 11.7. The van der Waals surface area contributed by atoms with Gasteiger partial charge in [0.1, 0.15) is 11.6 Å². The summed E-state index contributed by atoms with van der Waals surface area (Å²) in [5.74, 6) is -0.177. The number of nitrogens with zero attached hydrogens (tertiary/aromatic N) is 1. The second-order valence-corrected chi connectivity index (χ2v) is 7.47. The minimum atomic E-state index is -0.623. The van der Waals surface area contributed by atoms with E-state index >= 15 is 0 Å². The van der Waals surface area contributed by atoms with Crippen molar-refractivity contribution in [3.8, 4) is 0 Å². The predicted molar refractivity (Wildman–Crippen MR) is 98.7 cm³/mol. The highest BCUT2D eigenvalue weighted by Crippen LogP contribution is 2.19. The first kappa shape index (κ1) is 19.1. The van der Waals surface area contributed by atoms with Crippen LogP contribution in [0, 0.1) is 0 Å². The summed E-state index contributed by atoms with van der Waals surface area (Å²) in [5, 5.41) is 5.60. The van der Waals surface area contributed by atoms with Crippen molar-refractivity contribution in [1.82, 2.24) is 10.6 Å². The van der Waals surface area contributed by atoms with E-state index in [1.807, 2.05) is 18.2 Å². The van der Waals surface area contributed by atoms with E-state index < -0.39 is 17.7 Å². The smallest absolute Gasteiger partial charge is 0.408 e. The lowest BCUT2D eigenvalue weighted by atomic mass is 10.0. The fraction of sp³-hybridized carbons (Fsp3) is 0.579. The van der Waals surface area contributed by atoms with Gasteiger partial charge in [0, 0.05) is 24.8 Å². The van der Waals surface area contributed by atoms with Crippen LogP contribution in [-0.4, -0.2) is 42.8 Å². The summed E-state index contributed by atoms with van der Waals surface area (Å²) >= 11 is 0. The van der Waals surface area contributed by atoms with Gasteiger partial charge in [-0.15, -0.1) is 0 Å². The third kappa shape index (κ3) is 6.29. The Balaban J connectivity index is 1.75. The van der Waals surface area contributed by atoms with Crippen LogP contribution in [0.3, 0.4) is 0 Å². The first-order valence-electron chi connectivity index (χ1n) is 8.84. The Kier molecular flexibility index (Phi) is 6.28. The van der Waals surface area contributed by atoms with E-state index in [1.54, 1.807) is 27.7 Å². The normalized spacial score (nSPS) is 16.9. The molecule has 138 valence electrons. The second-order valence-electron chi connectivity index (χ2n) is 7.47. The maximum Gasteiger partial charge on any atom is 0.408 e. The number of ether oxygens (including phenoxy) is 1. The number of nitrogens with one attached hydrogen (secondary N) is 2. The molecule has 0 aliphatic carbocycles. The van der Waals surface area contributed by atoms with Crippen molar-refractivity contribution in [1.29, 1.82) is 0 Å². The van der Waals surface area contributed by atoms with Crippen LogP contribution in [-0.2, 0) is 9.53 Å². The number of anilines is 1. The van der Waals surface area contributed by atoms with Crippen LogP contribution < -0.4 is 15.5 Å². The lowest BCUT2D eigenvalue weighted by molar-refractivity contribution is -0.123. The molecule has 2 rings (SSSR count). The molecule has 0 aromatic heterocycles. The van der Waals surface area contributed by atoms with E-state index in [4.69, 9.17) is 4.74 Å². The highest BCUT2D eigenvalue weighted by molar-refractivity contribution is 5.85. The summed E-state index contributed by atoms with van der Waals surface area (Å²) in [5.41, 5.74) is 0.636. The molecule has 1 atom stereocenters. The van der Waals surface area contributed by atoms with Crippen molar-refractivity contribution < 1.29 is 14.3 Å². The van der Waals surface area contributed by atoms with Crippen molar-refractivity contribution in [3.05, 3.63) is 30.3 Å². The lowest BCUT2D eigenvalue weighted by Gasteiger charge is -2.34. The Hall–Kier alpha value is -2.24. The van der Waals surface area contributed by atoms with Gasteiger partial charge in [-0.2, -0.15) is 0 Å². The van der Waals surface area contributed by atoms with Gasteiger partial charge in [0.2, 0.25) is 5.91 Å². The number of rotatable bonds is 4. The van der Waals surface area contributed by atoms with E-state index in [9.17, 15) is 9.59 Å². The van der Waals surface area contributed by atoms with Gasteiger partial charge in [0.25, 0.3) is 0 Å². The van der Waals surface area contributed by atoms with E-state index in [-0.39, 0.29) is 11.9 Å². The average Bonchev–Trinajstić information content (AvgIpc) is 2.54. The van der Waals surface area contributed by atoms with Crippen LogP contribution in [0.15, 0.2) is 30.3 Å². The largest absolute Gasteiger partial charge is 0.444 e.